The van der Waals surface area contributed by atoms with Crippen LogP contribution in [0.25, 0.3) is 0 Å². The second kappa shape index (κ2) is 5.19. The van der Waals surface area contributed by atoms with Gasteiger partial charge in [0.05, 0.1) is 0 Å². The highest BCUT2D eigenvalue weighted by molar-refractivity contribution is 5.80. The van der Waals surface area contributed by atoms with Gasteiger partial charge in [-0.2, -0.15) is 0 Å². The van der Waals surface area contributed by atoms with Crippen molar-refractivity contribution in [3.05, 3.63) is 29.3 Å². The molecule has 1 aliphatic rings. The summed E-state index contributed by atoms with van der Waals surface area (Å²) in [6.45, 7) is 1.68. The summed E-state index contributed by atoms with van der Waals surface area (Å²) in [6, 6.07) is 6.05. The molecule has 0 aliphatic heterocycles. The lowest BCUT2D eigenvalue weighted by Gasteiger charge is -2.18. The zero-order valence-electron chi connectivity index (χ0n) is 10.0. The van der Waals surface area contributed by atoms with Crippen molar-refractivity contribution in [2.24, 2.45) is 5.84 Å². The van der Waals surface area contributed by atoms with Gasteiger partial charge >= 0.3 is 0 Å². The van der Waals surface area contributed by atoms with E-state index in [0.29, 0.717) is 0 Å². The Hall–Kier alpha value is -1.55. The molecule has 0 saturated carbocycles. The summed E-state index contributed by atoms with van der Waals surface area (Å²) in [5, 5.41) is 0. The molecule has 1 aromatic carbocycles. The van der Waals surface area contributed by atoms with Crippen molar-refractivity contribution in [2.45, 2.75) is 38.7 Å². The van der Waals surface area contributed by atoms with Gasteiger partial charge in [-0.3, -0.25) is 10.2 Å². The number of nitrogens with one attached hydrogen (secondary N) is 1. The molecule has 2 rings (SSSR count). The number of fused-ring (bicyclic) bond motifs is 1. The third-order valence-electron chi connectivity index (χ3n) is 3.14. The number of nitrogens with two attached hydrogens (primary N) is 1. The first kappa shape index (κ1) is 11.9. The van der Waals surface area contributed by atoms with Crippen LogP contribution in [0, 0.1) is 0 Å². The quantitative estimate of drug-likeness (QED) is 0.471. The van der Waals surface area contributed by atoms with E-state index in [1.807, 2.05) is 12.1 Å². The van der Waals surface area contributed by atoms with Crippen LogP contribution in [0.1, 0.15) is 30.9 Å². The Morgan fingerprint density at radius 1 is 1.35 bits per heavy atom. The highest BCUT2D eigenvalue weighted by atomic mass is 16.5. The van der Waals surface area contributed by atoms with Crippen LogP contribution in [0.4, 0.5) is 0 Å². The van der Waals surface area contributed by atoms with E-state index in [-0.39, 0.29) is 5.91 Å². The Kier molecular flexibility index (Phi) is 3.64. The smallest absolute Gasteiger partial charge is 0.274 e. The molecule has 0 heterocycles. The van der Waals surface area contributed by atoms with Gasteiger partial charge in [0.1, 0.15) is 5.75 Å². The fourth-order valence-corrected chi connectivity index (χ4v) is 2.16. The average Bonchev–Trinajstić information content (AvgIpc) is 2.37. The Labute approximate surface area is 101 Å². The lowest BCUT2D eigenvalue weighted by atomic mass is 9.92. The van der Waals surface area contributed by atoms with E-state index in [1.54, 1.807) is 6.92 Å². The minimum atomic E-state index is -0.568. The van der Waals surface area contributed by atoms with Crippen molar-refractivity contribution >= 4 is 5.91 Å². The first-order chi connectivity index (χ1) is 8.20. The van der Waals surface area contributed by atoms with Gasteiger partial charge in [0.25, 0.3) is 5.91 Å². The van der Waals surface area contributed by atoms with Gasteiger partial charge < -0.3 is 4.74 Å². The Morgan fingerprint density at radius 3 is 2.76 bits per heavy atom. The molecule has 0 spiro atoms. The number of benzene rings is 1. The molecule has 3 N–H and O–H groups in total. The minimum Gasteiger partial charge on any atom is -0.481 e. The summed E-state index contributed by atoms with van der Waals surface area (Å²) >= 11 is 0. The molecule has 0 aromatic heterocycles. The minimum absolute atomic E-state index is 0.317. The summed E-state index contributed by atoms with van der Waals surface area (Å²) in [5.41, 5.74) is 4.83. The number of amides is 1. The SMILES string of the molecule is CC(Oc1ccc2c(c1)CCCC2)C(=O)NN. The van der Waals surface area contributed by atoms with Crippen molar-refractivity contribution in [1.29, 1.82) is 0 Å². The number of carbonyl (C=O) groups is 1. The molecule has 1 unspecified atom stereocenters. The van der Waals surface area contributed by atoms with Crippen molar-refractivity contribution < 1.29 is 9.53 Å². The van der Waals surface area contributed by atoms with E-state index in [1.165, 1.54) is 24.0 Å². The molecular weight excluding hydrogens is 216 g/mol. The second-order valence-electron chi connectivity index (χ2n) is 4.41. The maximum absolute atomic E-state index is 11.2. The molecule has 4 nitrogen and oxygen atoms in total. The van der Waals surface area contributed by atoms with Crippen LogP contribution in [0.3, 0.4) is 0 Å². The number of hydrazine groups is 1. The predicted molar refractivity (Wildman–Crippen MR) is 65.5 cm³/mol. The summed E-state index contributed by atoms with van der Waals surface area (Å²) in [6.07, 6.45) is 4.18. The molecule has 0 saturated heterocycles. The monoisotopic (exact) mass is 234 g/mol. The number of rotatable bonds is 3. The van der Waals surface area contributed by atoms with Crippen LogP contribution in [0.15, 0.2) is 18.2 Å². The lowest BCUT2D eigenvalue weighted by molar-refractivity contribution is -0.127. The van der Waals surface area contributed by atoms with Crippen LogP contribution in [-0.2, 0) is 17.6 Å². The summed E-state index contributed by atoms with van der Waals surface area (Å²) < 4.78 is 5.54. The number of hydrogen-bond donors (Lipinski definition) is 2. The van der Waals surface area contributed by atoms with Gasteiger partial charge in [0.15, 0.2) is 6.10 Å². The first-order valence-electron chi connectivity index (χ1n) is 5.99. The van der Waals surface area contributed by atoms with Gasteiger partial charge in [0.2, 0.25) is 0 Å². The lowest BCUT2D eigenvalue weighted by Crippen LogP contribution is -2.40. The second-order valence-corrected chi connectivity index (χ2v) is 4.41. The van der Waals surface area contributed by atoms with Crippen molar-refractivity contribution in [3.63, 3.8) is 0 Å². The van der Waals surface area contributed by atoms with E-state index in [9.17, 15) is 4.79 Å². The van der Waals surface area contributed by atoms with E-state index >= 15 is 0 Å². The summed E-state index contributed by atoms with van der Waals surface area (Å²) in [4.78, 5) is 11.2. The van der Waals surface area contributed by atoms with Crippen LogP contribution in [-0.4, -0.2) is 12.0 Å². The third-order valence-corrected chi connectivity index (χ3v) is 3.14. The van der Waals surface area contributed by atoms with Gasteiger partial charge in [-0.1, -0.05) is 6.07 Å². The van der Waals surface area contributed by atoms with Gasteiger partial charge in [-0.15, -0.1) is 0 Å². The molecular formula is C13H18N2O2. The number of hydrogen-bond acceptors (Lipinski definition) is 3. The normalized spacial score (nSPS) is 15.9. The van der Waals surface area contributed by atoms with E-state index in [0.717, 1.165) is 18.6 Å². The summed E-state index contributed by atoms with van der Waals surface area (Å²) in [5.74, 6) is 5.48. The van der Waals surface area contributed by atoms with Crippen LogP contribution in [0.5, 0.6) is 5.75 Å². The Morgan fingerprint density at radius 2 is 2.06 bits per heavy atom. The Balaban J connectivity index is 2.09. The zero-order chi connectivity index (χ0) is 12.3. The molecule has 1 aromatic rings. The van der Waals surface area contributed by atoms with Crippen LogP contribution in [0.2, 0.25) is 0 Å². The fourth-order valence-electron chi connectivity index (χ4n) is 2.16. The largest absolute Gasteiger partial charge is 0.481 e. The highest BCUT2D eigenvalue weighted by Crippen LogP contribution is 2.25. The van der Waals surface area contributed by atoms with Gasteiger partial charge in [-0.05, 0) is 55.9 Å². The molecule has 4 heteroatoms. The standard InChI is InChI=1S/C13H18N2O2/c1-9(13(16)15-14)17-12-7-6-10-4-2-3-5-11(10)8-12/h6-9H,2-5,14H2,1H3,(H,15,16). The maximum atomic E-state index is 11.2. The van der Waals surface area contributed by atoms with E-state index in [4.69, 9.17) is 10.6 Å². The average molecular weight is 234 g/mol. The first-order valence-corrected chi connectivity index (χ1v) is 5.99. The van der Waals surface area contributed by atoms with Gasteiger partial charge in [0, 0.05) is 0 Å². The third kappa shape index (κ3) is 2.77. The fraction of sp³-hybridized carbons (Fsp3) is 0.462. The number of carbonyl (C=O) groups excluding carboxylic acids is 1. The van der Waals surface area contributed by atoms with Crippen molar-refractivity contribution in [2.75, 3.05) is 0 Å². The molecule has 1 atom stereocenters. The molecule has 0 fully saturated rings. The maximum Gasteiger partial charge on any atom is 0.274 e. The predicted octanol–water partition coefficient (Wildman–Crippen LogP) is 1.32. The number of aryl methyl sites for hydroxylation is 2. The summed E-state index contributed by atoms with van der Waals surface area (Å²) in [7, 11) is 0. The highest BCUT2D eigenvalue weighted by Gasteiger charge is 2.15. The van der Waals surface area contributed by atoms with Crippen molar-refractivity contribution in [1.82, 2.24) is 5.43 Å². The molecule has 17 heavy (non-hydrogen) atoms. The molecule has 0 radical (unpaired) electrons. The molecule has 0 bridgehead atoms. The number of ether oxygens (including phenoxy) is 1. The molecule has 1 aliphatic carbocycles. The molecule has 1 amide bonds. The van der Waals surface area contributed by atoms with E-state index in [2.05, 4.69) is 11.5 Å². The zero-order valence-corrected chi connectivity index (χ0v) is 10.0. The van der Waals surface area contributed by atoms with Crippen molar-refractivity contribution in [3.8, 4) is 5.75 Å². The molecule has 92 valence electrons. The van der Waals surface area contributed by atoms with Gasteiger partial charge in [-0.25, -0.2) is 5.84 Å². The van der Waals surface area contributed by atoms with Crippen LogP contribution >= 0.6 is 0 Å². The van der Waals surface area contributed by atoms with Crippen LogP contribution < -0.4 is 16.0 Å². The topological polar surface area (TPSA) is 64.3 Å². The van der Waals surface area contributed by atoms with E-state index < -0.39 is 6.10 Å². The Bertz CT molecular complexity index is 418.